The first-order valence-corrected chi connectivity index (χ1v) is 12.4. The fourth-order valence-electron chi connectivity index (χ4n) is 4.19. The van der Waals surface area contributed by atoms with Gasteiger partial charge in [0.2, 0.25) is 0 Å². The van der Waals surface area contributed by atoms with E-state index >= 15 is 0 Å². The predicted molar refractivity (Wildman–Crippen MR) is 117 cm³/mol. The third-order valence-corrected chi connectivity index (χ3v) is 8.13. The van der Waals surface area contributed by atoms with Gasteiger partial charge in [0, 0.05) is 37.7 Å². The zero-order valence-corrected chi connectivity index (χ0v) is 19.0. The Kier molecular flexibility index (Phi) is 6.89. The van der Waals surface area contributed by atoms with Crippen LogP contribution in [0.15, 0.2) is 28.1 Å². The molecule has 1 aromatic carbocycles. The highest BCUT2D eigenvalue weighted by molar-refractivity contribution is 7.91. The van der Waals surface area contributed by atoms with Crippen LogP contribution in [-0.4, -0.2) is 63.9 Å². The van der Waals surface area contributed by atoms with Crippen molar-refractivity contribution in [3.63, 3.8) is 0 Å². The molecule has 162 valence electrons. The quantitative estimate of drug-likeness (QED) is 0.565. The fraction of sp³-hybridized carbons (Fsp3) is 0.682. The van der Waals surface area contributed by atoms with E-state index in [1.807, 2.05) is 33.8 Å². The molecule has 1 spiro atoms. The number of aryl methyl sites for hydroxylation is 2. The first-order valence-electron chi connectivity index (χ1n) is 10.7. The first kappa shape index (κ1) is 22.1. The molecule has 2 fully saturated rings. The van der Waals surface area contributed by atoms with E-state index in [1.165, 1.54) is 0 Å². The van der Waals surface area contributed by atoms with Crippen molar-refractivity contribution in [1.29, 1.82) is 0 Å². The molecule has 0 saturated carbocycles. The summed E-state index contributed by atoms with van der Waals surface area (Å²) in [7, 11) is -3.37. The normalized spacial score (nSPS) is 23.7. The van der Waals surface area contributed by atoms with E-state index in [2.05, 4.69) is 15.2 Å². The SMILES string of the molecule is CCN=C(NC(CC)CS(=O)(=O)c1ccc(C)c(C)c1)N1CCC2(CCOC2)C1. The van der Waals surface area contributed by atoms with Gasteiger partial charge in [-0.3, -0.25) is 4.99 Å². The highest BCUT2D eigenvalue weighted by Gasteiger charge is 2.42. The molecule has 0 bridgehead atoms. The van der Waals surface area contributed by atoms with E-state index in [0.717, 1.165) is 62.7 Å². The second-order valence-electron chi connectivity index (χ2n) is 8.55. The molecule has 1 aromatic rings. The van der Waals surface area contributed by atoms with Crippen LogP contribution in [-0.2, 0) is 14.6 Å². The maximum atomic E-state index is 13.0. The molecule has 0 aliphatic carbocycles. The van der Waals surface area contributed by atoms with Crippen molar-refractivity contribution in [3.8, 4) is 0 Å². The van der Waals surface area contributed by atoms with E-state index in [-0.39, 0.29) is 17.2 Å². The lowest BCUT2D eigenvalue weighted by Crippen LogP contribution is -2.48. The number of rotatable bonds is 6. The summed E-state index contributed by atoms with van der Waals surface area (Å²) in [5.41, 5.74) is 2.34. The summed E-state index contributed by atoms with van der Waals surface area (Å²) in [6.07, 6.45) is 2.92. The lowest BCUT2D eigenvalue weighted by Gasteiger charge is -2.28. The number of hydrogen-bond donors (Lipinski definition) is 1. The van der Waals surface area contributed by atoms with E-state index in [9.17, 15) is 8.42 Å². The van der Waals surface area contributed by atoms with Crippen molar-refractivity contribution in [2.45, 2.75) is 57.9 Å². The molecule has 2 heterocycles. The number of likely N-dealkylation sites (tertiary alicyclic amines) is 1. The zero-order valence-electron chi connectivity index (χ0n) is 18.2. The molecule has 1 N–H and O–H groups in total. The Hall–Kier alpha value is -1.60. The summed E-state index contributed by atoms with van der Waals surface area (Å²) in [6, 6.07) is 5.20. The van der Waals surface area contributed by atoms with Gasteiger partial charge >= 0.3 is 0 Å². The smallest absolute Gasteiger partial charge is 0.194 e. The van der Waals surface area contributed by atoms with E-state index < -0.39 is 9.84 Å². The Morgan fingerprint density at radius 2 is 2.07 bits per heavy atom. The number of nitrogens with one attached hydrogen (secondary N) is 1. The maximum absolute atomic E-state index is 13.0. The highest BCUT2D eigenvalue weighted by Crippen LogP contribution is 2.38. The second-order valence-corrected chi connectivity index (χ2v) is 10.6. The third kappa shape index (κ3) is 5.12. The van der Waals surface area contributed by atoms with Crippen molar-refractivity contribution < 1.29 is 13.2 Å². The average molecular weight is 422 g/mol. The number of hydrogen-bond acceptors (Lipinski definition) is 4. The zero-order chi connectivity index (χ0) is 21.1. The molecule has 2 aliphatic heterocycles. The number of sulfone groups is 1. The summed E-state index contributed by atoms with van der Waals surface area (Å²) in [4.78, 5) is 7.35. The Labute approximate surface area is 175 Å². The van der Waals surface area contributed by atoms with Crippen molar-refractivity contribution in [3.05, 3.63) is 29.3 Å². The maximum Gasteiger partial charge on any atom is 0.194 e. The number of benzene rings is 1. The van der Waals surface area contributed by atoms with Gasteiger partial charge in [0.25, 0.3) is 0 Å². The van der Waals surface area contributed by atoms with Gasteiger partial charge in [-0.1, -0.05) is 13.0 Å². The minimum atomic E-state index is -3.37. The van der Waals surface area contributed by atoms with Crippen LogP contribution in [0, 0.1) is 19.3 Å². The fourth-order valence-corrected chi connectivity index (χ4v) is 5.86. The summed E-state index contributed by atoms with van der Waals surface area (Å²) in [5.74, 6) is 0.898. The minimum absolute atomic E-state index is 0.0663. The van der Waals surface area contributed by atoms with Crippen molar-refractivity contribution in [2.24, 2.45) is 10.4 Å². The summed E-state index contributed by atoms with van der Waals surface area (Å²) < 4.78 is 31.7. The van der Waals surface area contributed by atoms with Gasteiger partial charge in [0.05, 0.1) is 17.3 Å². The van der Waals surface area contributed by atoms with Crippen molar-refractivity contribution >= 4 is 15.8 Å². The van der Waals surface area contributed by atoms with Crippen molar-refractivity contribution in [1.82, 2.24) is 10.2 Å². The summed E-state index contributed by atoms with van der Waals surface area (Å²) in [5, 5.41) is 3.46. The number of ether oxygens (including phenoxy) is 1. The van der Waals surface area contributed by atoms with Gasteiger partial charge < -0.3 is 15.0 Å². The van der Waals surface area contributed by atoms with Gasteiger partial charge in [-0.2, -0.15) is 0 Å². The molecule has 2 saturated heterocycles. The largest absolute Gasteiger partial charge is 0.381 e. The highest BCUT2D eigenvalue weighted by atomic mass is 32.2. The molecule has 2 unspecified atom stereocenters. The number of guanidine groups is 1. The monoisotopic (exact) mass is 421 g/mol. The number of nitrogens with zero attached hydrogens (tertiary/aromatic N) is 2. The molecule has 7 heteroatoms. The standard InChI is InChI=1S/C22H35N3O3S/c1-5-19(14-29(26,27)20-8-7-17(3)18(4)13-20)24-21(23-6-2)25-11-9-22(15-25)10-12-28-16-22/h7-8,13,19H,5-6,9-12,14-16H2,1-4H3,(H,23,24). The lowest BCUT2D eigenvalue weighted by molar-refractivity contribution is 0.156. The number of aliphatic imine (C=N–C) groups is 1. The van der Waals surface area contributed by atoms with Crippen LogP contribution in [0.1, 0.15) is 44.2 Å². The van der Waals surface area contributed by atoms with E-state index in [0.29, 0.717) is 11.4 Å². The molecule has 0 radical (unpaired) electrons. The Bertz CT molecular complexity index is 845. The van der Waals surface area contributed by atoms with Gasteiger partial charge in [-0.25, -0.2) is 8.42 Å². The molecule has 0 amide bonds. The van der Waals surface area contributed by atoms with Crippen LogP contribution in [0.4, 0.5) is 0 Å². The van der Waals surface area contributed by atoms with Crippen LogP contribution in [0.2, 0.25) is 0 Å². The molecular weight excluding hydrogens is 386 g/mol. The van der Waals surface area contributed by atoms with Crippen LogP contribution in [0.5, 0.6) is 0 Å². The van der Waals surface area contributed by atoms with Crippen LogP contribution in [0.3, 0.4) is 0 Å². The molecule has 0 aromatic heterocycles. The molecule has 6 nitrogen and oxygen atoms in total. The molecule has 2 atom stereocenters. The molecule has 29 heavy (non-hydrogen) atoms. The second kappa shape index (κ2) is 9.04. The van der Waals surface area contributed by atoms with Gasteiger partial charge in [0.1, 0.15) is 0 Å². The Balaban J connectivity index is 1.71. The van der Waals surface area contributed by atoms with E-state index in [4.69, 9.17) is 4.74 Å². The lowest BCUT2D eigenvalue weighted by atomic mass is 9.87. The topological polar surface area (TPSA) is 71.0 Å². The van der Waals surface area contributed by atoms with Gasteiger partial charge in [0.15, 0.2) is 15.8 Å². The van der Waals surface area contributed by atoms with Crippen LogP contribution >= 0.6 is 0 Å². The van der Waals surface area contributed by atoms with Crippen LogP contribution in [0.25, 0.3) is 0 Å². The van der Waals surface area contributed by atoms with Gasteiger partial charge in [-0.05, 0) is 63.3 Å². The molecular formula is C22H35N3O3S. The predicted octanol–water partition coefficient (Wildman–Crippen LogP) is 2.93. The third-order valence-electron chi connectivity index (χ3n) is 6.31. The first-order chi connectivity index (χ1) is 13.8. The Morgan fingerprint density at radius 1 is 1.28 bits per heavy atom. The minimum Gasteiger partial charge on any atom is -0.381 e. The molecule has 2 aliphatic rings. The van der Waals surface area contributed by atoms with E-state index in [1.54, 1.807) is 12.1 Å². The Morgan fingerprint density at radius 3 is 2.69 bits per heavy atom. The van der Waals surface area contributed by atoms with Crippen LogP contribution < -0.4 is 5.32 Å². The average Bonchev–Trinajstić information content (AvgIpc) is 3.32. The summed E-state index contributed by atoms with van der Waals surface area (Å²) >= 11 is 0. The molecule has 3 rings (SSSR count). The van der Waals surface area contributed by atoms with Crippen molar-refractivity contribution in [2.75, 3.05) is 38.6 Å². The summed E-state index contributed by atoms with van der Waals surface area (Å²) in [6.45, 7) is 12.2. The van der Waals surface area contributed by atoms with Gasteiger partial charge in [-0.15, -0.1) is 0 Å².